The summed E-state index contributed by atoms with van der Waals surface area (Å²) in [5.41, 5.74) is 1.28. The number of amides is 1. The Morgan fingerprint density at radius 1 is 1.21 bits per heavy atom. The molecule has 0 atom stereocenters. The average molecular weight is 319 g/mol. The Morgan fingerprint density at radius 2 is 2.00 bits per heavy atom. The van der Waals surface area contributed by atoms with Gasteiger partial charge in [0.2, 0.25) is 0 Å². The first-order valence-corrected chi connectivity index (χ1v) is 7.62. The van der Waals surface area contributed by atoms with Crippen molar-refractivity contribution in [2.24, 2.45) is 0 Å². The minimum atomic E-state index is -0.410. The molecule has 1 N–H and O–H groups in total. The van der Waals surface area contributed by atoms with Gasteiger partial charge in [0.25, 0.3) is 11.5 Å². The predicted molar refractivity (Wildman–Crippen MR) is 94.1 cm³/mol. The van der Waals surface area contributed by atoms with Crippen LogP contribution in [0.25, 0.3) is 11.0 Å². The van der Waals surface area contributed by atoms with Crippen LogP contribution in [0.5, 0.6) is 0 Å². The lowest BCUT2D eigenvalue weighted by molar-refractivity contribution is 0.0956. The van der Waals surface area contributed by atoms with Crippen molar-refractivity contribution >= 4 is 16.9 Å². The van der Waals surface area contributed by atoms with Crippen LogP contribution in [0.15, 0.2) is 72.2 Å². The van der Waals surface area contributed by atoms with Crippen LogP contribution in [-0.4, -0.2) is 22.0 Å². The molecule has 0 fully saturated rings. The Kier molecular flexibility index (Phi) is 4.52. The molecule has 0 aliphatic rings. The van der Waals surface area contributed by atoms with Crippen LogP contribution in [0, 0.1) is 0 Å². The van der Waals surface area contributed by atoms with Gasteiger partial charge in [-0.25, -0.2) is 4.98 Å². The van der Waals surface area contributed by atoms with Gasteiger partial charge in [-0.05, 0) is 23.8 Å². The fourth-order valence-electron chi connectivity index (χ4n) is 2.54. The van der Waals surface area contributed by atoms with E-state index in [-0.39, 0.29) is 11.1 Å². The SMILES string of the molecule is C=CCNC(=O)c1cc2cccnc2n(Cc2ccccc2)c1=O. The van der Waals surface area contributed by atoms with E-state index < -0.39 is 5.91 Å². The molecular weight excluding hydrogens is 302 g/mol. The van der Waals surface area contributed by atoms with E-state index in [4.69, 9.17) is 0 Å². The molecule has 2 heterocycles. The lowest BCUT2D eigenvalue weighted by atomic mass is 10.1. The van der Waals surface area contributed by atoms with Gasteiger partial charge in [-0.1, -0.05) is 36.4 Å². The van der Waals surface area contributed by atoms with Crippen molar-refractivity contribution in [2.75, 3.05) is 6.54 Å². The van der Waals surface area contributed by atoms with Crippen molar-refractivity contribution in [1.82, 2.24) is 14.9 Å². The molecule has 5 nitrogen and oxygen atoms in total. The number of carbonyl (C=O) groups is 1. The molecule has 1 amide bonds. The first-order chi connectivity index (χ1) is 11.7. The molecule has 2 aromatic heterocycles. The van der Waals surface area contributed by atoms with Gasteiger partial charge in [-0.3, -0.25) is 14.2 Å². The maximum atomic E-state index is 12.8. The summed E-state index contributed by atoms with van der Waals surface area (Å²) in [6.07, 6.45) is 3.21. The maximum absolute atomic E-state index is 12.8. The molecule has 3 rings (SSSR count). The summed E-state index contributed by atoms with van der Waals surface area (Å²) in [4.78, 5) is 29.4. The molecule has 0 unspecified atom stereocenters. The molecule has 5 heteroatoms. The van der Waals surface area contributed by atoms with Gasteiger partial charge in [0.1, 0.15) is 11.2 Å². The van der Waals surface area contributed by atoms with E-state index in [0.29, 0.717) is 18.7 Å². The summed E-state index contributed by atoms with van der Waals surface area (Å²) in [5, 5.41) is 3.40. The molecular formula is C19H17N3O2. The zero-order chi connectivity index (χ0) is 16.9. The number of fused-ring (bicyclic) bond motifs is 1. The van der Waals surface area contributed by atoms with Crippen molar-refractivity contribution < 1.29 is 4.79 Å². The van der Waals surface area contributed by atoms with E-state index in [0.717, 1.165) is 10.9 Å². The average Bonchev–Trinajstić information content (AvgIpc) is 2.62. The topological polar surface area (TPSA) is 64.0 Å². The molecule has 24 heavy (non-hydrogen) atoms. The molecule has 3 aromatic rings. The van der Waals surface area contributed by atoms with Crippen molar-refractivity contribution in [2.45, 2.75) is 6.54 Å². The predicted octanol–water partition coefficient (Wildman–Crippen LogP) is 2.36. The fourth-order valence-corrected chi connectivity index (χ4v) is 2.54. The monoisotopic (exact) mass is 319 g/mol. The standard InChI is InChI=1S/C19H17N3O2/c1-2-10-21-18(23)16-12-15-9-6-11-20-17(15)22(19(16)24)13-14-7-4-3-5-8-14/h2-9,11-12H,1,10,13H2,(H,21,23). The number of hydrogen-bond donors (Lipinski definition) is 1. The number of nitrogens with zero attached hydrogens (tertiary/aromatic N) is 2. The van der Waals surface area contributed by atoms with Crippen molar-refractivity contribution in [3.8, 4) is 0 Å². The zero-order valence-electron chi connectivity index (χ0n) is 13.1. The molecule has 0 spiro atoms. The Bertz CT molecular complexity index is 946. The fraction of sp³-hybridized carbons (Fsp3) is 0.105. The Morgan fingerprint density at radius 3 is 2.75 bits per heavy atom. The van der Waals surface area contributed by atoms with Gasteiger partial charge in [-0.15, -0.1) is 6.58 Å². The highest BCUT2D eigenvalue weighted by Crippen LogP contribution is 2.13. The molecule has 0 radical (unpaired) electrons. The Balaban J connectivity index is 2.15. The third-order valence-corrected chi connectivity index (χ3v) is 3.68. The highest BCUT2D eigenvalue weighted by Gasteiger charge is 2.16. The lowest BCUT2D eigenvalue weighted by Crippen LogP contribution is -2.33. The summed E-state index contributed by atoms with van der Waals surface area (Å²) in [6, 6.07) is 14.8. The zero-order valence-corrected chi connectivity index (χ0v) is 13.1. The second-order valence-corrected chi connectivity index (χ2v) is 5.35. The van der Waals surface area contributed by atoms with Crippen LogP contribution in [0.3, 0.4) is 0 Å². The molecule has 0 saturated carbocycles. The quantitative estimate of drug-likeness (QED) is 0.734. The van der Waals surface area contributed by atoms with E-state index in [1.807, 2.05) is 36.4 Å². The second kappa shape index (κ2) is 6.91. The van der Waals surface area contributed by atoms with Crippen molar-refractivity contribution in [3.63, 3.8) is 0 Å². The number of pyridine rings is 2. The van der Waals surface area contributed by atoms with Crippen LogP contribution < -0.4 is 10.9 Å². The van der Waals surface area contributed by atoms with E-state index >= 15 is 0 Å². The highest BCUT2D eigenvalue weighted by molar-refractivity contribution is 5.96. The second-order valence-electron chi connectivity index (χ2n) is 5.35. The van der Waals surface area contributed by atoms with Crippen LogP contribution in [0.1, 0.15) is 15.9 Å². The summed E-state index contributed by atoms with van der Waals surface area (Å²) in [6.45, 7) is 4.23. The Labute approximate surface area is 139 Å². The first-order valence-electron chi connectivity index (χ1n) is 7.62. The van der Waals surface area contributed by atoms with E-state index in [1.54, 1.807) is 24.4 Å². The summed E-state index contributed by atoms with van der Waals surface area (Å²) in [5.74, 6) is -0.410. The van der Waals surface area contributed by atoms with E-state index in [1.165, 1.54) is 4.57 Å². The van der Waals surface area contributed by atoms with Crippen molar-refractivity contribution in [3.05, 3.63) is 88.9 Å². The highest BCUT2D eigenvalue weighted by atomic mass is 16.2. The van der Waals surface area contributed by atoms with Crippen molar-refractivity contribution in [1.29, 1.82) is 0 Å². The number of nitrogens with one attached hydrogen (secondary N) is 1. The van der Waals surface area contributed by atoms with Crippen LogP contribution in [0.4, 0.5) is 0 Å². The molecule has 0 saturated heterocycles. The molecule has 0 bridgehead atoms. The smallest absolute Gasteiger partial charge is 0.265 e. The van der Waals surface area contributed by atoms with Gasteiger partial charge in [0.15, 0.2) is 0 Å². The van der Waals surface area contributed by atoms with Gasteiger partial charge < -0.3 is 5.32 Å². The number of hydrogen-bond acceptors (Lipinski definition) is 3. The summed E-state index contributed by atoms with van der Waals surface area (Å²) >= 11 is 0. The number of aromatic nitrogens is 2. The normalized spacial score (nSPS) is 10.5. The molecule has 120 valence electrons. The Hall–Kier alpha value is -3.21. The minimum Gasteiger partial charge on any atom is -0.348 e. The van der Waals surface area contributed by atoms with E-state index in [2.05, 4.69) is 16.9 Å². The molecule has 0 aliphatic heterocycles. The molecule has 0 aliphatic carbocycles. The third kappa shape index (κ3) is 3.10. The number of rotatable bonds is 5. The minimum absolute atomic E-state index is 0.105. The lowest BCUT2D eigenvalue weighted by Gasteiger charge is -2.12. The van der Waals surface area contributed by atoms with E-state index in [9.17, 15) is 9.59 Å². The molecule has 1 aromatic carbocycles. The number of carbonyl (C=O) groups excluding carboxylic acids is 1. The number of benzene rings is 1. The van der Waals surface area contributed by atoms with Crippen LogP contribution >= 0.6 is 0 Å². The van der Waals surface area contributed by atoms with Crippen LogP contribution in [-0.2, 0) is 6.54 Å². The first kappa shape index (κ1) is 15.7. The van der Waals surface area contributed by atoms with Gasteiger partial charge >= 0.3 is 0 Å². The summed E-state index contributed by atoms with van der Waals surface area (Å²) in [7, 11) is 0. The largest absolute Gasteiger partial charge is 0.348 e. The maximum Gasteiger partial charge on any atom is 0.265 e. The summed E-state index contributed by atoms with van der Waals surface area (Å²) < 4.78 is 1.54. The van der Waals surface area contributed by atoms with Gasteiger partial charge in [-0.2, -0.15) is 0 Å². The van der Waals surface area contributed by atoms with Crippen LogP contribution in [0.2, 0.25) is 0 Å². The van der Waals surface area contributed by atoms with Gasteiger partial charge in [0, 0.05) is 18.1 Å². The van der Waals surface area contributed by atoms with Gasteiger partial charge in [0.05, 0.1) is 6.54 Å². The third-order valence-electron chi connectivity index (χ3n) is 3.68.